The molecule has 11 heteroatoms. The molecule has 192 valence electrons. The zero-order valence-electron chi connectivity index (χ0n) is 19.5. The van der Waals surface area contributed by atoms with Crippen molar-refractivity contribution in [2.24, 2.45) is 5.41 Å². The Balaban J connectivity index is 1.44. The molecule has 1 saturated carbocycles. The molecule has 0 aromatic heterocycles. The first-order valence-electron chi connectivity index (χ1n) is 11.8. The molecular weight excluding hydrogens is 485 g/mol. The predicted octanol–water partition coefficient (Wildman–Crippen LogP) is 2.40. The highest BCUT2D eigenvalue weighted by atomic mass is 32.2. The number of nitrogens with one attached hydrogen (secondary N) is 1. The van der Waals surface area contributed by atoms with E-state index < -0.39 is 27.7 Å². The molecule has 2 atom stereocenters. The summed E-state index contributed by atoms with van der Waals surface area (Å²) in [6, 6.07) is 3.85. The smallest absolute Gasteiger partial charge is 0.376 e. The van der Waals surface area contributed by atoms with Crippen molar-refractivity contribution in [3.8, 4) is 0 Å². The Morgan fingerprint density at radius 2 is 1.94 bits per heavy atom. The number of carbonyl (C=O) groups excluding carboxylic acids is 1. The van der Waals surface area contributed by atoms with E-state index in [1.165, 1.54) is 6.07 Å². The lowest BCUT2D eigenvalue weighted by molar-refractivity contribution is -0.137. The molecule has 35 heavy (non-hydrogen) atoms. The van der Waals surface area contributed by atoms with Gasteiger partial charge in [0.25, 0.3) is 0 Å². The van der Waals surface area contributed by atoms with Crippen LogP contribution in [0.5, 0.6) is 0 Å². The molecule has 1 aromatic rings. The number of halogens is 3. The maximum atomic E-state index is 13.6. The SMILES string of the molecule is CS(=O)(=O)CC1COCC(CCN2CCNC(=O)C3=C2c2cc(C(F)(F)F)ccc2CC32CC2)O1. The van der Waals surface area contributed by atoms with Crippen LogP contribution in [-0.4, -0.2) is 76.3 Å². The Bertz CT molecular complexity index is 1160. The number of sulfone groups is 1. The fourth-order valence-corrected chi connectivity index (χ4v) is 6.36. The van der Waals surface area contributed by atoms with E-state index in [-0.39, 0.29) is 29.8 Å². The molecule has 1 spiro atoms. The van der Waals surface area contributed by atoms with Gasteiger partial charge in [-0.15, -0.1) is 0 Å². The van der Waals surface area contributed by atoms with E-state index in [2.05, 4.69) is 5.32 Å². The lowest BCUT2D eigenvalue weighted by Crippen LogP contribution is -2.42. The molecule has 2 fully saturated rings. The van der Waals surface area contributed by atoms with Crippen LogP contribution in [0.2, 0.25) is 0 Å². The molecule has 2 heterocycles. The Kier molecular flexibility index (Phi) is 6.16. The summed E-state index contributed by atoms with van der Waals surface area (Å²) >= 11 is 0. The first-order chi connectivity index (χ1) is 16.5. The molecule has 4 aliphatic rings. The third-order valence-electron chi connectivity index (χ3n) is 7.25. The van der Waals surface area contributed by atoms with Gasteiger partial charge in [0.05, 0.1) is 42.4 Å². The summed E-state index contributed by atoms with van der Waals surface area (Å²) < 4.78 is 75.5. The number of amides is 1. The van der Waals surface area contributed by atoms with Crippen LogP contribution >= 0.6 is 0 Å². The number of ether oxygens (including phenoxy) is 2. The Morgan fingerprint density at radius 3 is 2.63 bits per heavy atom. The molecule has 5 rings (SSSR count). The van der Waals surface area contributed by atoms with Crippen molar-refractivity contribution in [3.63, 3.8) is 0 Å². The van der Waals surface area contributed by atoms with Crippen molar-refractivity contribution in [2.45, 2.75) is 44.1 Å². The number of rotatable bonds is 5. The van der Waals surface area contributed by atoms with Crippen molar-refractivity contribution >= 4 is 21.4 Å². The van der Waals surface area contributed by atoms with E-state index in [1.54, 1.807) is 6.07 Å². The van der Waals surface area contributed by atoms with Crippen molar-refractivity contribution in [2.75, 3.05) is 44.9 Å². The van der Waals surface area contributed by atoms with Gasteiger partial charge in [0, 0.05) is 42.4 Å². The van der Waals surface area contributed by atoms with Gasteiger partial charge < -0.3 is 19.7 Å². The van der Waals surface area contributed by atoms with Crippen LogP contribution in [-0.2, 0) is 36.7 Å². The number of hydrogen-bond acceptors (Lipinski definition) is 6. The third-order valence-corrected chi connectivity index (χ3v) is 8.23. The minimum absolute atomic E-state index is 0.128. The van der Waals surface area contributed by atoms with Crippen molar-refractivity contribution in [1.29, 1.82) is 0 Å². The number of alkyl halides is 3. The standard InChI is InChI=1S/C24H29F3N2O5S/c1-35(31,32)14-18-13-33-12-17(34-18)4-8-29-9-7-28-22(30)20-21(29)19-10-16(24(25,26)27)3-2-15(19)11-23(20)5-6-23/h2-3,10,17-18H,4-9,11-14H2,1H3,(H,28,30). The average Bonchev–Trinajstić information content (AvgIpc) is 3.54. The highest BCUT2D eigenvalue weighted by molar-refractivity contribution is 7.90. The Labute approximate surface area is 202 Å². The fraction of sp³-hybridized carbons (Fsp3) is 0.625. The summed E-state index contributed by atoms with van der Waals surface area (Å²) in [5.41, 5.74) is 1.44. The van der Waals surface area contributed by atoms with Crippen LogP contribution < -0.4 is 5.32 Å². The molecule has 0 bridgehead atoms. The first-order valence-corrected chi connectivity index (χ1v) is 13.9. The van der Waals surface area contributed by atoms with E-state index in [0.717, 1.165) is 30.7 Å². The maximum Gasteiger partial charge on any atom is 0.416 e. The van der Waals surface area contributed by atoms with Crippen LogP contribution in [0.15, 0.2) is 23.8 Å². The number of hydrogen-bond donors (Lipinski definition) is 1. The molecule has 1 N–H and O–H groups in total. The number of carbonyl (C=O) groups is 1. The second kappa shape index (κ2) is 8.77. The van der Waals surface area contributed by atoms with Gasteiger partial charge >= 0.3 is 6.18 Å². The summed E-state index contributed by atoms with van der Waals surface area (Å²) in [6.45, 7) is 1.80. The van der Waals surface area contributed by atoms with Crippen LogP contribution in [0.25, 0.3) is 5.70 Å². The van der Waals surface area contributed by atoms with Crippen LogP contribution in [0.3, 0.4) is 0 Å². The first kappa shape index (κ1) is 24.6. The van der Waals surface area contributed by atoms with Gasteiger partial charge in [-0.25, -0.2) is 8.42 Å². The topological polar surface area (TPSA) is 84.9 Å². The summed E-state index contributed by atoms with van der Waals surface area (Å²) in [6.07, 6.45) is -1.50. The second-order valence-electron chi connectivity index (χ2n) is 10.1. The Morgan fingerprint density at radius 1 is 1.20 bits per heavy atom. The maximum absolute atomic E-state index is 13.6. The summed E-state index contributed by atoms with van der Waals surface area (Å²) in [7, 11) is -3.23. The van der Waals surface area contributed by atoms with Crippen molar-refractivity contribution in [1.82, 2.24) is 10.2 Å². The largest absolute Gasteiger partial charge is 0.416 e. The number of fused-ring (bicyclic) bond motifs is 3. The zero-order chi connectivity index (χ0) is 25.0. The molecule has 1 aromatic carbocycles. The molecular formula is C24H29F3N2O5S. The molecule has 2 unspecified atom stereocenters. The molecule has 0 radical (unpaired) electrons. The van der Waals surface area contributed by atoms with Gasteiger partial charge in [-0.05, 0) is 43.4 Å². The van der Waals surface area contributed by atoms with Crippen molar-refractivity contribution < 1.29 is 35.9 Å². The Hall–Kier alpha value is -2.11. The molecule has 1 saturated heterocycles. The third kappa shape index (κ3) is 5.08. The molecule has 2 aliphatic carbocycles. The predicted molar refractivity (Wildman–Crippen MR) is 122 cm³/mol. The van der Waals surface area contributed by atoms with Gasteiger partial charge in [-0.1, -0.05) is 6.07 Å². The summed E-state index contributed by atoms with van der Waals surface area (Å²) in [5.74, 6) is -0.328. The number of benzene rings is 1. The summed E-state index contributed by atoms with van der Waals surface area (Å²) in [5, 5.41) is 2.93. The van der Waals surface area contributed by atoms with Gasteiger partial charge in [-0.2, -0.15) is 13.2 Å². The van der Waals surface area contributed by atoms with E-state index in [4.69, 9.17) is 9.47 Å². The fourth-order valence-electron chi connectivity index (χ4n) is 5.51. The van der Waals surface area contributed by atoms with Crippen LogP contribution in [0, 0.1) is 5.41 Å². The quantitative estimate of drug-likeness (QED) is 0.650. The molecule has 1 amide bonds. The minimum Gasteiger partial charge on any atom is -0.376 e. The van der Waals surface area contributed by atoms with Gasteiger partial charge in [0.2, 0.25) is 5.91 Å². The highest BCUT2D eigenvalue weighted by Gasteiger charge is 2.54. The van der Waals surface area contributed by atoms with E-state index in [1.807, 2.05) is 4.90 Å². The zero-order valence-corrected chi connectivity index (χ0v) is 20.3. The van der Waals surface area contributed by atoms with Gasteiger partial charge in [0.15, 0.2) is 0 Å². The van der Waals surface area contributed by atoms with E-state index >= 15 is 0 Å². The second-order valence-corrected chi connectivity index (χ2v) is 12.3. The van der Waals surface area contributed by atoms with Gasteiger partial charge in [-0.3, -0.25) is 4.79 Å². The van der Waals surface area contributed by atoms with Gasteiger partial charge in [0.1, 0.15) is 9.84 Å². The van der Waals surface area contributed by atoms with E-state index in [9.17, 15) is 26.4 Å². The lowest BCUT2D eigenvalue weighted by Gasteiger charge is -2.36. The monoisotopic (exact) mass is 514 g/mol. The molecule has 2 aliphatic heterocycles. The average molecular weight is 515 g/mol. The van der Waals surface area contributed by atoms with Crippen LogP contribution in [0.4, 0.5) is 13.2 Å². The minimum atomic E-state index is -4.48. The van der Waals surface area contributed by atoms with Crippen LogP contribution in [0.1, 0.15) is 36.0 Å². The highest BCUT2D eigenvalue weighted by Crippen LogP contribution is 2.60. The lowest BCUT2D eigenvalue weighted by atomic mass is 9.77. The molecule has 7 nitrogen and oxygen atoms in total. The number of nitrogens with zero attached hydrogens (tertiary/aromatic N) is 1. The van der Waals surface area contributed by atoms with Crippen molar-refractivity contribution in [3.05, 3.63) is 40.5 Å². The normalized spacial score (nSPS) is 26.2. The van der Waals surface area contributed by atoms with E-state index in [0.29, 0.717) is 55.9 Å². The summed E-state index contributed by atoms with van der Waals surface area (Å²) in [4.78, 5) is 15.1.